The summed E-state index contributed by atoms with van der Waals surface area (Å²) in [5.41, 5.74) is 0.975. The van der Waals surface area contributed by atoms with Crippen LogP contribution in [0, 0.1) is 22.7 Å². The summed E-state index contributed by atoms with van der Waals surface area (Å²) in [7, 11) is 0. The van der Waals surface area contributed by atoms with Crippen molar-refractivity contribution < 1.29 is 0 Å². The third-order valence-corrected chi connectivity index (χ3v) is 4.49. The third kappa shape index (κ3) is 2.65. The molecular formula is C12H24S. The van der Waals surface area contributed by atoms with Crippen LogP contribution in [0.25, 0.3) is 0 Å². The van der Waals surface area contributed by atoms with Gasteiger partial charge >= 0.3 is 0 Å². The smallest absolute Gasteiger partial charge is 0.00309 e. The van der Waals surface area contributed by atoms with Gasteiger partial charge in [-0.1, -0.05) is 41.5 Å². The Kier molecular flexibility index (Phi) is 3.07. The predicted molar refractivity (Wildman–Crippen MR) is 63.2 cm³/mol. The van der Waals surface area contributed by atoms with Gasteiger partial charge in [0.05, 0.1) is 0 Å². The molecule has 78 valence electrons. The average Bonchev–Trinajstić information content (AvgIpc) is 2.27. The molecule has 0 bridgehead atoms. The summed E-state index contributed by atoms with van der Waals surface area (Å²) >= 11 is 2.14. The number of hydrogen-bond donors (Lipinski definition) is 0. The lowest BCUT2D eigenvalue weighted by Gasteiger charge is -2.38. The van der Waals surface area contributed by atoms with Gasteiger partial charge in [0.25, 0.3) is 0 Å². The molecule has 1 heteroatoms. The molecule has 0 aromatic rings. The minimum atomic E-state index is 0.488. The van der Waals surface area contributed by atoms with Crippen LogP contribution in [0.1, 0.15) is 41.5 Å². The van der Waals surface area contributed by atoms with Crippen molar-refractivity contribution in [3.63, 3.8) is 0 Å². The molecule has 1 fully saturated rings. The summed E-state index contributed by atoms with van der Waals surface area (Å²) in [6.45, 7) is 14.3. The molecule has 0 aromatic carbocycles. The molecule has 1 aliphatic heterocycles. The van der Waals surface area contributed by atoms with Gasteiger partial charge in [-0.15, -0.1) is 0 Å². The molecule has 0 radical (unpaired) electrons. The van der Waals surface area contributed by atoms with E-state index in [4.69, 9.17) is 0 Å². The molecule has 1 heterocycles. The van der Waals surface area contributed by atoms with Gasteiger partial charge in [-0.25, -0.2) is 0 Å². The normalized spacial score (nSPS) is 30.9. The van der Waals surface area contributed by atoms with Crippen LogP contribution in [0.15, 0.2) is 0 Å². The molecule has 0 N–H and O–H groups in total. The monoisotopic (exact) mass is 200 g/mol. The van der Waals surface area contributed by atoms with E-state index in [9.17, 15) is 0 Å². The molecule has 1 saturated heterocycles. The molecule has 1 rings (SSSR count). The summed E-state index contributed by atoms with van der Waals surface area (Å²) in [5.74, 6) is 4.53. The Hall–Kier alpha value is 0.350. The van der Waals surface area contributed by atoms with E-state index in [0.29, 0.717) is 10.8 Å². The molecule has 0 unspecified atom stereocenters. The summed E-state index contributed by atoms with van der Waals surface area (Å²) in [4.78, 5) is 0. The second kappa shape index (κ2) is 3.49. The first-order valence-electron chi connectivity index (χ1n) is 5.30. The van der Waals surface area contributed by atoms with Crippen LogP contribution in [-0.4, -0.2) is 11.5 Å². The Morgan fingerprint density at radius 2 is 1.08 bits per heavy atom. The zero-order chi connectivity index (χ0) is 10.3. The molecule has 0 saturated carbocycles. The lowest BCUT2D eigenvalue weighted by atomic mass is 9.66. The van der Waals surface area contributed by atoms with E-state index in [0.717, 1.165) is 11.8 Å². The highest BCUT2D eigenvalue weighted by atomic mass is 32.2. The van der Waals surface area contributed by atoms with Gasteiger partial charge in [0.1, 0.15) is 0 Å². The van der Waals surface area contributed by atoms with Crippen molar-refractivity contribution in [2.75, 3.05) is 11.5 Å². The van der Waals surface area contributed by atoms with Crippen LogP contribution in [0.3, 0.4) is 0 Å². The molecular weight excluding hydrogens is 176 g/mol. The van der Waals surface area contributed by atoms with Crippen LogP contribution in [0.5, 0.6) is 0 Å². The predicted octanol–water partition coefficient (Wildman–Crippen LogP) is 4.06. The van der Waals surface area contributed by atoms with E-state index in [1.165, 1.54) is 11.5 Å². The first-order valence-corrected chi connectivity index (χ1v) is 6.46. The largest absolute Gasteiger partial charge is 0.161 e. The SMILES string of the molecule is CC(C)(C)[C@@H]1CSC[C@H]1C(C)(C)C. The Labute approximate surface area is 87.9 Å². The van der Waals surface area contributed by atoms with Crippen molar-refractivity contribution in [3.8, 4) is 0 Å². The van der Waals surface area contributed by atoms with E-state index < -0.39 is 0 Å². The van der Waals surface area contributed by atoms with E-state index in [1.807, 2.05) is 0 Å². The maximum Gasteiger partial charge on any atom is -0.00309 e. The van der Waals surface area contributed by atoms with Crippen molar-refractivity contribution in [1.82, 2.24) is 0 Å². The van der Waals surface area contributed by atoms with E-state index >= 15 is 0 Å². The van der Waals surface area contributed by atoms with Crippen LogP contribution >= 0.6 is 11.8 Å². The fourth-order valence-electron chi connectivity index (χ4n) is 2.26. The highest BCUT2D eigenvalue weighted by molar-refractivity contribution is 7.99. The van der Waals surface area contributed by atoms with E-state index in [1.54, 1.807) is 0 Å². The minimum absolute atomic E-state index is 0.488. The van der Waals surface area contributed by atoms with Gasteiger partial charge < -0.3 is 0 Å². The van der Waals surface area contributed by atoms with Crippen LogP contribution in [0.2, 0.25) is 0 Å². The molecule has 0 spiro atoms. The third-order valence-electron chi connectivity index (χ3n) is 3.31. The average molecular weight is 200 g/mol. The molecule has 1 aliphatic rings. The van der Waals surface area contributed by atoms with Crippen LogP contribution in [-0.2, 0) is 0 Å². The molecule has 2 atom stereocenters. The Bertz CT molecular complexity index is 151. The van der Waals surface area contributed by atoms with Gasteiger partial charge in [0.15, 0.2) is 0 Å². The van der Waals surface area contributed by atoms with Crippen LogP contribution in [0.4, 0.5) is 0 Å². The van der Waals surface area contributed by atoms with E-state index in [-0.39, 0.29) is 0 Å². The zero-order valence-electron chi connectivity index (χ0n) is 9.98. The van der Waals surface area contributed by atoms with Gasteiger partial charge in [0.2, 0.25) is 0 Å². The van der Waals surface area contributed by atoms with Gasteiger partial charge in [0, 0.05) is 0 Å². The quantitative estimate of drug-likeness (QED) is 0.568. The number of rotatable bonds is 0. The van der Waals surface area contributed by atoms with Crippen molar-refractivity contribution in [2.45, 2.75) is 41.5 Å². The zero-order valence-corrected chi connectivity index (χ0v) is 10.8. The van der Waals surface area contributed by atoms with Crippen molar-refractivity contribution in [2.24, 2.45) is 22.7 Å². The summed E-state index contributed by atoms with van der Waals surface area (Å²) in [5, 5.41) is 0. The highest BCUT2D eigenvalue weighted by Crippen LogP contribution is 2.48. The molecule has 0 aromatic heterocycles. The minimum Gasteiger partial charge on any atom is -0.161 e. The topological polar surface area (TPSA) is 0 Å². The van der Waals surface area contributed by atoms with Gasteiger partial charge in [-0.3, -0.25) is 0 Å². The summed E-state index contributed by atoms with van der Waals surface area (Å²) < 4.78 is 0. The van der Waals surface area contributed by atoms with Gasteiger partial charge in [-0.05, 0) is 34.2 Å². The summed E-state index contributed by atoms with van der Waals surface area (Å²) in [6.07, 6.45) is 0. The van der Waals surface area contributed by atoms with Gasteiger partial charge in [-0.2, -0.15) is 11.8 Å². The number of hydrogen-bond acceptors (Lipinski definition) is 1. The fourth-order valence-corrected chi connectivity index (χ4v) is 4.37. The van der Waals surface area contributed by atoms with Crippen molar-refractivity contribution >= 4 is 11.8 Å². The second-order valence-corrected chi connectivity index (χ2v) is 7.56. The molecule has 13 heavy (non-hydrogen) atoms. The Morgan fingerprint density at radius 3 is 1.31 bits per heavy atom. The maximum absolute atomic E-state index is 2.39. The molecule has 0 amide bonds. The van der Waals surface area contributed by atoms with Crippen molar-refractivity contribution in [3.05, 3.63) is 0 Å². The van der Waals surface area contributed by atoms with E-state index in [2.05, 4.69) is 53.3 Å². The lowest BCUT2D eigenvalue weighted by Crippen LogP contribution is -2.34. The lowest BCUT2D eigenvalue weighted by molar-refractivity contribution is 0.115. The summed E-state index contributed by atoms with van der Waals surface area (Å²) in [6, 6.07) is 0. The van der Waals surface area contributed by atoms with Crippen molar-refractivity contribution in [1.29, 1.82) is 0 Å². The fraction of sp³-hybridized carbons (Fsp3) is 1.00. The highest BCUT2D eigenvalue weighted by Gasteiger charge is 2.41. The standard InChI is InChI=1S/C12H24S/c1-11(2,3)9-7-13-8-10(9)12(4,5)6/h9-10H,7-8H2,1-6H3/t9-,10-/m1/s1. The number of thioether (sulfide) groups is 1. The maximum atomic E-state index is 2.39. The molecule has 0 nitrogen and oxygen atoms in total. The Morgan fingerprint density at radius 1 is 0.769 bits per heavy atom. The first-order chi connectivity index (χ1) is 5.73. The second-order valence-electron chi connectivity index (χ2n) is 6.48. The molecule has 0 aliphatic carbocycles. The van der Waals surface area contributed by atoms with Crippen LogP contribution < -0.4 is 0 Å². The first kappa shape index (κ1) is 11.4. The Balaban J connectivity index is 2.76.